The van der Waals surface area contributed by atoms with Crippen molar-refractivity contribution in [1.82, 2.24) is 9.62 Å². The third-order valence-corrected chi connectivity index (χ3v) is 10.1. The molecule has 1 fully saturated rings. The summed E-state index contributed by atoms with van der Waals surface area (Å²) in [5.41, 5.74) is 1.10. The van der Waals surface area contributed by atoms with Crippen molar-refractivity contribution >= 4 is 59.5 Å². The minimum absolute atomic E-state index is 0.128. The van der Waals surface area contributed by atoms with Crippen molar-refractivity contribution in [3.63, 3.8) is 0 Å². The van der Waals surface area contributed by atoms with Gasteiger partial charge in [-0.1, -0.05) is 6.42 Å². The number of aliphatic hydroxyl groups is 1. The number of sulfonamides is 2. The molecule has 0 radical (unpaired) electrons. The zero-order valence-corrected chi connectivity index (χ0v) is 21.3. The summed E-state index contributed by atoms with van der Waals surface area (Å²) in [4.78, 5) is 15.1. The summed E-state index contributed by atoms with van der Waals surface area (Å²) in [6, 6.07) is 1.79. The summed E-state index contributed by atoms with van der Waals surface area (Å²) in [6.07, 6.45) is 3.29. The van der Waals surface area contributed by atoms with Crippen LogP contribution in [0.4, 0.5) is 5.00 Å². The van der Waals surface area contributed by atoms with Gasteiger partial charge in [0.05, 0.1) is 6.26 Å². The Morgan fingerprint density at radius 2 is 2.12 bits per heavy atom. The molecular formula is C20H22N4O6S4. The van der Waals surface area contributed by atoms with Crippen molar-refractivity contribution in [1.29, 1.82) is 0 Å². The molecule has 5 rings (SSSR count). The summed E-state index contributed by atoms with van der Waals surface area (Å²) in [6.45, 7) is 0.160. The molecule has 0 bridgehead atoms. The van der Waals surface area contributed by atoms with E-state index < -0.39 is 26.0 Å². The third-order valence-electron chi connectivity index (χ3n) is 6.17. The first-order valence-electron chi connectivity index (χ1n) is 10.5. The van der Waals surface area contributed by atoms with Crippen molar-refractivity contribution in [2.45, 2.75) is 43.3 Å². The van der Waals surface area contributed by atoms with Gasteiger partial charge < -0.3 is 15.3 Å². The molecule has 182 valence electrons. The van der Waals surface area contributed by atoms with Crippen molar-refractivity contribution < 1.29 is 26.7 Å². The van der Waals surface area contributed by atoms with Gasteiger partial charge in [-0.15, -0.1) is 15.7 Å². The Morgan fingerprint density at radius 3 is 2.82 bits per heavy atom. The van der Waals surface area contributed by atoms with Gasteiger partial charge in [0, 0.05) is 30.6 Å². The Bertz CT molecular complexity index is 1420. The van der Waals surface area contributed by atoms with Crippen LogP contribution in [0, 0.1) is 5.92 Å². The first-order chi connectivity index (χ1) is 16.0. The van der Waals surface area contributed by atoms with Crippen LogP contribution in [0.2, 0.25) is 0 Å². The van der Waals surface area contributed by atoms with Crippen LogP contribution in [0.15, 0.2) is 42.8 Å². The van der Waals surface area contributed by atoms with E-state index in [4.69, 9.17) is 0 Å². The third kappa shape index (κ3) is 4.17. The zero-order valence-electron chi connectivity index (χ0n) is 18.0. The molecule has 2 unspecified atom stereocenters. The largest absolute Gasteiger partial charge is 0.511 e. The molecule has 1 saturated carbocycles. The number of carbonyl (C=O) groups is 1. The first kappa shape index (κ1) is 23.5. The van der Waals surface area contributed by atoms with E-state index in [1.54, 1.807) is 4.90 Å². The summed E-state index contributed by atoms with van der Waals surface area (Å²) in [5, 5.41) is 19.6. The van der Waals surface area contributed by atoms with Crippen molar-refractivity contribution in [3.05, 3.63) is 44.7 Å². The summed E-state index contributed by atoms with van der Waals surface area (Å²) < 4.78 is 55.2. The fraction of sp³-hybridized carbons (Fsp3) is 0.400. The number of hydrogen-bond acceptors (Lipinski definition) is 9. The van der Waals surface area contributed by atoms with Crippen molar-refractivity contribution in [2.24, 2.45) is 10.3 Å². The van der Waals surface area contributed by atoms with Gasteiger partial charge in [0.15, 0.2) is 5.84 Å². The number of amides is 1. The van der Waals surface area contributed by atoms with Crippen LogP contribution in [-0.2, 0) is 37.9 Å². The maximum absolute atomic E-state index is 13.6. The number of carbonyl (C=O) groups excluding carboxylic acids is 1. The average molecular weight is 543 g/mol. The molecule has 34 heavy (non-hydrogen) atoms. The minimum Gasteiger partial charge on any atom is -0.511 e. The number of hydrogen-bond donors (Lipinski definition) is 3. The molecule has 2 aromatic heterocycles. The lowest BCUT2D eigenvalue weighted by Crippen LogP contribution is -2.49. The van der Waals surface area contributed by atoms with E-state index in [9.17, 15) is 26.7 Å². The predicted octanol–water partition coefficient (Wildman–Crippen LogP) is 2.39. The van der Waals surface area contributed by atoms with Crippen LogP contribution in [0.5, 0.6) is 0 Å². The monoisotopic (exact) mass is 542 g/mol. The van der Waals surface area contributed by atoms with E-state index >= 15 is 0 Å². The van der Waals surface area contributed by atoms with E-state index in [1.165, 1.54) is 16.7 Å². The second kappa shape index (κ2) is 8.45. The number of aliphatic hydroxyl groups excluding tert-OH is 1. The number of thiophene rings is 2. The van der Waals surface area contributed by atoms with Gasteiger partial charge in [-0.2, -0.15) is 19.8 Å². The normalized spacial score (nSPS) is 24.0. The van der Waals surface area contributed by atoms with E-state index in [-0.39, 0.29) is 51.1 Å². The fourth-order valence-corrected chi connectivity index (χ4v) is 8.38. The van der Waals surface area contributed by atoms with Crippen molar-refractivity contribution in [2.75, 3.05) is 11.6 Å². The molecule has 3 aliphatic rings. The highest BCUT2D eigenvalue weighted by molar-refractivity contribution is 7.91. The van der Waals surface area contributed by atoms with Crippen LogP contribution in [0.25, 0.3) is 0 Å². The molecule has 4 heterocycles. The van der Waals surface area contributed by atoms with Crippen LogP contribution in [-0.4, -0.2) is 50.9 Å². The Balaban J connectivity index is 1.52. The number of nitrogens with one attached hydrogen (secondary N) is 2. The number of anilines is 1. The van der Waals surface area contributed by atoms with Gasteiger partial charge in [-0.3, -0.25) is 4.79 Å². The lowest BCUT2D eigenvalue weighted by atomic mass is 9.90. The van der Waals surface area contributed by atoms with E-state index in [1.807, 2.05) is 16.8 Å². The summed E-state index contributed by atoms with van der Waals surface area (Å²) >= 11 is 2.59. The number of rotatable bonds is 6. The second-order valence-corrected chi connectivity index (χ2v) is 13.5. The molecule has 3 N–H and O–H groups in total. The molecule has 0 saturated heterocycles. The lowest BCUT2D eigenvalue weighted by Gasteiger charge is -2.38. The molecule has 2 atom stereocenters. The molecule has 14 heteroatoms. The highest BCUT2D eigenvalue weighted by Gasteiger charge is 2.47. The van der Waals surface area contributed by atoms with Gasteiger partial charge in [-0.05, 0) is 40.6 Å². The van der Waals surface area contributed by atoms with E-state index in [0.717, 1.165) is 36.0 Å². The molecular weight excluding hydrogens is 521 g/mol. The van der Waals surface area contributed by atoms with Crippen molar-refractivity contribution in [3.8, 4) is 0 Å². The number of fused-ring (bicyclic) bond motifs is 2. The minimum atomic E-state index is -4.25. The molecule has 2 aliphatic heterocycles. The smallest absolute Gasteiger partial charge is 0.287 e. The van der Waals surface area contributed by atoms with Gasteiger partial charge in [0.1, 0.15) is 21.2 Å². The fourth-order valence-electron chi connectivity index (χ4n) is 4.70. The zero-order chi connectivity index (χ0) is 24.3. The number of nitrogens with zero attached hydrogens (tertiary/aromatic N) is 2. The van der Waals surface area contributed by atoms with Crippen LogP contribution < -0.4 is 10.0 Å². The lowest BCUT2D eigenvalue weighted by molar-refractivity contribution is -0.132. The molecule has 0 spiro atoms. The topological polar surface area (TPSA) is 145 Å². The highest BCUT2D eigenvalue weighted by Crippen LogP contribution is 2.43. The Morgan fingerprint density at radius 1 is 1.32 bits per heavy atom. The average Bonchev–Trinajstić information content (AvgIpc) is 3.49. The maximum atomic E-state index is 13.6. The molecule has 1 amide bonds. The van der Waals surface area contributed by atoms with Crippen LogP contribution in [0.3, 0.4) is 0 Å². The molecule has 1 aliphatic carbocycles. The Labute approximate surface area is 205 Å². The predicted molar refractivity (Wildman–Crippen MR) is 130 cm³/mol. The quantitative estimate of drug-likeness (QED) is 0.508. The van der Waals surface area contributed by atoms with Gasteiger partial charge >= 0.3 is 0 Å². The molecule has 0 aromatic carbocycles. The number of amidine groups is 1. The maximum Gasteiger partial charge on any atom is 0.287 e. The molecule has 2 aromatic rings. The summed E-state index contributed by atoms with van der Waals surface area (Å²) in [5.74, 6) is -1.08. The standard InChI is InChI=1S/C20H22N4O6S4/c1-33(27,28)21-7-12-10-32-19-17(12)34(29,30)23-18(22-19)15-16(25)13-3-2-4-14(13)24(20(15)26)8-11-5-6-31-9-11/h5-6,9-10,13-14,21,25H,2-4,7-8H2,1H3,(H,22,23). The second-order valence-electron chi connectivity index (χ2n) is 8.48. The van der Waals surface area contributed by atoms with Gasteiger partial charge in [0.2, 0.25) is 10.0 Å². The van der Waals surface area contributed by atoms with Crippen LogP contribution >= 0.6 is 22.7 Å². The Kier molecular flexibility index (Phi) is 5.83. The van der Waals surface area contributed by atoms with E-state index in [2.05, 4.69) is 14.4 Å². The van der Waals surface area contributed by atoms with Gasteiger partial charge in [-0.25, -0.2) is 13.1 Å². The Hall–Kier alpha value is -2.26. The highest BCUT2D eigenvalue weighted by atomic mass is 32.2. The SMILES string of the molecule is CS(=O)(=O)NCc1csc2c1S(=O)(=O)N=C(C1=C(O)C3CCCC3N(Cc3ccsc3)C1=O)N2. The first-order valence-corrected chi connectivity index (χ1v) is 15.6. The van der Waals surface area contributed by atoms with Gasteiger partial charge in [0.25, 0.3) is 15.9 Å². The summed E-state index contributed by atoms with van der Waals surface area (Å²) in [7, 11) is -7.77. The molecule has 10 nitrogen and oxygen atoms in total. The van der Waals surface area contributed by atoms with Crippen LogP contribution in [0.1, 0.15) is 30.4 Å². The van der Waals surface area contributed by atoms with E-state index in [0.29, 0.717) is 13.0 Å².